The van der Waals surface area contributed by atoms with Gasteiger partial charge >= 0.3 is 0 Å². The van der Waals surface area contributed by atoms with E-state index in [2.05, 4.69) is 5.10 Å². The molecule has 2 amide bonds. The molecule has 2 N–H and O–H groups in total. The lowest BCUT2D eigenvalue weighted by molar-refractivity contribution is 0.0724. The summed E-state index contributed by atoms with van der Waals surface area (Å²) < 4.78 is 25.9. The van der Waals surface area contributed by atoms with Gasteiger partial charge in [-0.2, -0.15) is 5.10 Å². The van der Waals surface area contributed by atoms with Gasteiger partial charge in [0.1, 0.15) is 5.69 Å². The first kappa shape index (κ1) is 16.6. The Labute approximate surface area is 146 Å². The summed E-state index contributed by atoms with van der Waals surface area (Å²) in [6.07, 6.45) is 3.09. The van der Waals surface area contributed by atoms with Gasteiger partial charge in [-0.15, -0.1) is 0 Å². The summed E-state index contributed by atoms with van der Waals surface area (Å²) in [6, 6.07) is 0. The number of aromatic nitrogens is 2. The second-order valence-corrected chi connectivity index (χ2v) is 10.6. The number of fused-ring (bicyclic) bond motifs is 1. The number of amides is 2. The molecular weight excluding hydrogens is 344 g/mol. The van der Waals surface area contributed by atoms with Crippen LogP contribution in [0.15, 0.2) is 0 Å². The topological polar surface area (TPSA) is 115 Å². The Hall–Kier alpha value is -1.90. The van der Waals surface area contributed by atoms with E-state index in [1.165, 1.54) is 4.68 Å². The lowest BCUT2D eigenvalue weighted by atomic mass is 10.0. The van der Waals surface area contributed by atoms with Crippen LogP contribution in [0.5, 0.6) is 0 Å². The van der Waals surface area contributed by atoms with Crippen LogP contribution in [0.4, 0.5) is 0 Å². The third kappa shape index (κ3) is 2.17. The average molecular weight is 366 g/mol. The van der Waals surface area contributed by atoms with Gasteiger partial charge in [0.15, 0.2) is 15.5 Å². The number of carbonyl (C=O) groups is 2. The van der Waals surface area contributed by atoms with Crippen molar-refractivity contribution in [2.75, 3.05) is 13.1 Å². The van der Waals surface area contributed by atoms with Crippen LogP contribution in [0.1, 0.15) is 59.1 Å². The molecule has 2 saturated carbocycles. The SMILES string of the molecule is Cn1nc(C(N)=O)c2c1C(=O)N(CC1(S(=O)(=O)C3(C)CC3)CC1)CC2. The van der Waals surface area contributed by atoms with Crippen LogP contribution in [0, 0.1) is 0 Å². The molecule has 0 radical (unpaired) electrons. The number of carbonyl (C=O) groups excluding carboxylic acids is 2. The minimum absolute atomic E-state index is 0.129. The molecule has 2 fully saturated rings. The Kier molecular flexibility index (Phi) is 3.20. The summed E-state index contributed by atoms with van der Waals surface area (Å²) in [5, 5.41) is 4.06. The van der Waals surface area contributed by atoms with E-state index in [-0.39, 0.29) is 18.1 Å². The predicted molar refractivity (Wildman–Crippen MR) is 89.9 cm³/mol. The van der Waals surface area contributed by atoms with Gasteiger partial charge in [0.05, 0.1) is 9.49 Å². The predicted octanol–water partition coefficient (Wildman–Crippen LogP) is 0.0172. The van der Waals surface area contributed by atoms with Gasteiger partial charge in [-0.1, -0.05) is 0 Å². The lowest BCUT2D eigenvalue weighted by Gasteiger charge is -2.32. The van der Waals surface area contributed by atoms with Crippen molar-refractivity contribution in [2.45, 2.75) is 48.5 Å². The van der Waals surface area contributed by atoms with Crippen LogP contribution in [-0.4, -0.2) is 57.5 Å². The smallest absolute Gasteiger partial charge is 0.272 e. The van der Waals surface area contributed by atoms with Gasteiger partial charge in [0.2, 0.25) is 0 Å². The average Bonchev–Trinajstić information content (AvgIpc) is 3.44. The first-order chi connectivity index (χ1) is 11.6. The largest absolute Gasteiger partial charge is 0.364 e. The Bertz CT molecular complexity index is 893. The molecular formula is C16H22N4O4S. The molecule has 3 aliphatic rings. The molecule has 4 rings (SSSR count). The van der Waals surface area contributed by atoms with Crippen molar-refractivity contribution in [1.29, 1.82) is 0 Å². The number of nitrogens with zero attached hydrogens (tertiary/aromatic N) is 3. The van der Waals surface area contributed by atoms with E-state index in [0.717, 1.165) is 0 Å². The zero-order valence-electron chi connectivity index (χ0n) is 14.4. The second-order valence-electron chi connectivity index (χ2n) is 7.78. The fourth-order valence-corrected chi connectivity index (χ4v) is 6.54. The summed E-state index contributed by atoms with van der Waals surface area (Å²) >= 11 is 0. The number of sulfone groups is 1. The van der Waals surface area contributed by atoms with Gasteiger partial charge in [-0.05, 0) is 39.0 Å². The van der Waals surface area contributed by atoms with Gasteiger partial charge in [-0.3, -0.25) is 14.3 Å². The van der Waals surface area contributed by atoms with E-state index in [9.17, 15) is 18.0 Å². The third-order valence-corrected chi connectivity index (χ3v) is 9.34. The van der Waals surface area contributed by atoms with Crippen LogP contribution >= 0.6 is 0 Å². The second kappa shape index (κ2) is 4.84. The quantitative estimate of drug-likeness (QED) is 0.788. The van der Waals surface area contributed by atoms with Gasteiger partial charge in [0.25, 0.3) is 11.8 Å². The monoisotopic (exact) mass is 366 g/mol. The molecule has 2 heterocycles. The van der Waals surface area contributed by atoms with E-state index in [0.29, 0.717) is 49.9 Å². The standard InChI is InChI=1S/C16H22N4O4S/c1-15(4-5-15)25(23,24)16(6-7-16)9-20-8-3-10-11(13(17)21)18-19(2)12(10)14(20)22/h3-9H2,1-2H3,(H2,17,21). The minimum Gasteiger partial charge on any atom is -0.364 e. The number of nitrogens with two attached hydrogens (primary N) is 1. The number of hydrogen-bond acceptors (Lipinski definition) is 5. The van der Waals surface area contributed by atoms with E-state index >= 15 is 0 Å². The van der Waals surface area contributed by atoms with Crippen LogP contribution in [-0.2, 0) is 23.3 Å². The zero-order valence-corrected chi connectivity index (χ0v) is 15.2. The van der Waals surface area contributed by atoms with Crippen LogP contribution in [0.3, 0.4) is 0 Å². The van der Waals surface area contributed by atoms with Crippen molar-refractivity contribution in [2.24, 2.45) is 12.8 Å². The van der Waals surface area contributed by atoms with Crippen LogP contribution in [0.25, 0.3) is 0 Å². The summed E-state index contributed by atoms with van der Waals surface area (Å²) in [7, 11) is -1.66. The Morgan fingerprint density at radius 1 is 1.28 bits per heavy atom. The molecule has 8 nitrogen and oxygen atoms in total. The molecule has 0 atom stereocenters. The molecule has 1 aromatic heterocycles. The molecule has 9 heteroatoms. The number of primary amides is 1. The van der Waals surface area contributed by atoms with Gasteiger partial charge in [0, 0.05) is 25.7 Å². The summed E-state index contributed by atoms with van der Waals surface area (Å²) in [5.74, 6) is -0.924. The van der Waals surface area contributed by atoms with E-state index in [1.807, 2.05) is 0 Å². The molecule has 0 saturated heterocycles. The number of aryl methyl sites for hydroxylation is 1. The third-order valence-electron chi connectivity index (χ3n) is 5.96. The van der Waals surface area contributed by atoms with Crippen LogP contribution < -0.4 is 5.73 Å². The maximum absolute atomic E-state index is 13.0. The fraction of sp³-hybridized carbons (Fsp3) is 0.688. The van der Waals surface area contributed by atoms with E-state index < -0.39 is 25.2 Å². The molecule has 0 bridgehead atoms. The molecule has 0 unspecified atom stereocenters. The van der Waals surface area contributed by atoms with Crippen molar-refractivity contribution in [3.63, 3.8) is 0 Å². The molecule has 136 valence electrons. The Morgan fingerprint density at radius 2 is 1.92 bits per heavy atom. The van der Waals surface area contributed by atoms with Crippen molar-refractivity contribution < 1.29 is 18.0 Å². The van der Waals surface area contributed by atoms with Crippen LogP contribution in [0.2, 0.25) is 0 Å². The van der Waals surface area contributed by atoms with Gasteiger partial charge < -0.3 is 10.6 Å². The summed E-state index contributed by atoms with van der Waals surface area (Å²) in [6.45, 7) is 2.41. The molecule has 1 aliphatic heterocycles. The molecule has 1 aromatic rings. The summed E-state index contributed by atoms with van der Waals surface area (Å²) in [5.41, 5.74) is 6.37. The first-order valence-electron chi connectivity index (χ1n) is 8.51. The van der Waals surface area contributed by atoms with Crippen molar-refractivity contribution in [3.8, 4) is 0 Å². The normalized spacial score (nSPS) is 23.3. The maximum Gasteiger partial charge on any atom is 0.272 e. The molecule has 2 aliphatic carbocycles. The Morgan fingerprint density at radius 3 is 2.44 bits per heavy atom. The fourth-order valence-electron chi connectivity index (χ4n) is 3.89. The zero-order chi connectivity index (χ0) is 18.2. The lowest BCUT2D eigenvalue weighted by Crippen LogP contribution is -2.48. The molecule has 25 heavy (non-hydrogen) atoms. The highest BCUT2D eigenvalue weighted by Gasteiger charge is 2.65. The van der Waals surface area contributed by atoms with Crippen molar-refractivity contribution in [1.82, 2.24) is 14.7 Å². The van der Waals surface area contributed by atoms with E-state index in [4.69, 9.17) is 5.73 Å². The maximum atomic E-state index is 13.0. The minimum atomic E-state index is -3.26. The molecule has 0 aromatic carbocycles. The number of rotatable bonds is 5. The Balaban J connectivity index is 1.62. The molecule has 0 spiro atoms. The summed E-state index contributed by atoms with van der Waals surface area (Å²) in [4.78, 5) is 26.0. The highest BCUT2D eigenvalue weighted by molar-refractivity contribution is 7.94. The van der Waals surface area contributed by atoms with Crippen molar-refractivity contribution in [3.05, 3.63) is 17.0 Å². The highest BCUT2D eigenvalue weighted by atomic mass is 32.2. The number of hydrogen-bond donors (Lipinski definition) is 1. The van der Waals surface area contributed by atoms with E-state index in [1.54, 1.807) is 18.9 Å². The first-order valence-corrected chi connectivity index (χ1v) is 9.99. The van der Waals surface area contributed by atoms with Gasteiger partial charge in [-0.25, -0.2) is 8.42 Å². The van der Waals surface area contributed by atoms with Crippen molar-refractivity contribution >= 4 is 21.7 Å². The highest BCUT2D eigenvalue weighted by Crippen LogP contribution is 2.56.